The van der Waals surface area contributed by atoms with Gasteiger partial charge in [-0.1, -0.05) is 18.2 Å². The first-order valence-corrected chi connectivity index (χ1v) is 12.7. The summed E-state index contributed by atoms with van der Waals surface area (Å²) in [5.74, 6) is -4.18. The van der Waals surface area contributed by atoms with E-state index in [2.05, 4.69) is 10.3 Å². The number of aliphatic hydroxyl groups is 1. The number of amides is 1. The van der Waals surface area contributed by atoms with Crippen LogP contribution in [0, 0.1) is 11.1 Å². The Morgan fingerprint density at radius 1 is 1.11 bits per heavy atom. The number of hydrogen-bond acceptors (Lipinski definition) is 8. The van der Waals surface area contributed by atoms with E-state index in [9.17, 15) is 29.5 Å². The van der Waals surface area contributed by atoms with Crippen LogP contribution < -0.4 is 10.4 Å². The third kappa shape index (κ3) is 5.50. The number of hydrogen-bond donors (Lipinski definition) is 4. The van der Waals surface area contributed by atoms with Crippen molar-refractivity contribution < 1.29 is 38.8 Å². The van der Waals surface area contributed by atoms with Crippen molar-refractivity contribution in [1.82, 2.24) is 10.3 Å². The highest BCUT2D eigenvalue weighted by molar-refractivity contribution is 5.92. The van der Waals surface area contributed by atoms with Crippen molar-refractivity contribution >= 4 is 34.5 Å². The van der Waals surface area contributed by atoms with Crippen LogP contribution in [-0.4, -0.2) is 63.7 Å². The maximum Gasteiger partial charge on any atom is 0.331 e. The number of ether oxygens (including phenoxy) is 2. The molecule has 1 aromatic carbocycles. The van der Waals surface area contributed by atoms with Crippen LogP contribution in [0.1, 0.15) is 45.6 Å². The highest BCUT2D eigenvalue weighted by Crippen LogP contribution is 2.30. The Kier molecular flexibility index (Phi) is 8.00. The monoisotopic (exact) mass is 527 g/mol. The van der Waals surface area contributed by atoms with Crippen molar-refractivity contribution in [1.29, 1.82) is 0 Å². The lowest BCUT2D eigenvalue weighted by Crippen LogP contribution is -3.19. The molecule has 1 aromatic heterocycles. The Morgan fingerprint density at radius 2 is 1.84 bits per heavy atom. The first kappa shape index (κ1) is 27.5. The van der Waals surface area contributed by atoms with E-state index >= 15 is 0 Å². The zero-order valence-corrected chi connectivity index (χ0v) is 21.6. The Bertz CT molecular complexity index is 1260. The van der Waals surface area contributed by atoms with Crippen molar-refractivity contribution in [3.05, 3.63) is 53.4 Å². The molecule has 0 saturated carbocycles. The minimum Gasteiger partial charge on any atom is -0.632 e. The number of fused-ring (bicyclic) bond motifs is 1. The van der Waals surface area contributed by atoms with Gasteiger partial charge in [0.25, 0.3) is 5.91 Å². The number of benzene rings is 1. The number of ketones is 1. The number of cyclic esters (lactones) is 2. The predicted octanol–water partition coefficient (Wildman–Crippen LogP) is 0.457. The standard InChI is InChI=1S/C27H33N3O8/c1-15-8-9-19(31)10-11-24(33)38-17(3)23(32)12-21(26(35)37-15)27(29-25(34)16(2)30(27)36)13-18-14-28-22-7-5-4-6-20(18)22/h4-7,10-11,14-17,19,21,28,30-31H,8-9,12-13H2,1-3H3,(H,29,34)/b11-10+/t15-,16?,17-,19+,21+,27-/m1/s1. The number of quaternary nitrogens is 1. The van der Waals surface area contributed by atoms with Crippen LogP contribution in [0.4, 0.5) is 0 Å². The van der Waals surface area contributed by atoms with E-state index in [0.29, 0.717) is 5.56 Å². The molecular formula is C27H33N3O8. The first-order chi connectivity index (χ1) is 18.0. The van der Waals surface area contributed by atoms with Crippen molar-refractivity contribution in [2.45, 2.75) is 76.5 Å². The van der Waals surface area contributed by atoms with Crippen LogP contribution in [0.2, 0.25) is 0 Å². The summed E-state index contributed by atoms with van der Waals surface area (Å²) in [5.41, 5.74) is -0.259. The van der Waals surface area contributed by atoms with Gasteiger partial charge in [0.05, 0.1) is 18.6 Å². The Morgan fingerprint density at radius 3 is 2.55 bits per heavy atom. The minimum absolute atomic E-state index is 0.0526. The van der Waals surface area contributed by atoms with E-state index < -0.39 is 71.0 Å². The van der Waals surface area contributed by atoms with Crippen molar-refractivity contribution in [2.75, 3.05) is 0 Å². The molecule has 3 heterocycles. The van der Waals surface area contributed by atoms with Gasteiger partial charge in [-0.3, -0.25) is 19.7 Å². The second-order valence-corrected chi connectivity index (χ2v) is 10.1. The number of aromatic nitrogens is 1. The molecule has 38 heavy (non-hydrogen) atoms. The van der Waals surface area contributed by atoms with Gasteiger partial charge in [0.1, 0.15) is 5.92 Å². The highest BCUT2D eigenvalue weighted by Gasteiger charge is 2.59. The number of carbonyl (C=O) groups excluding carboxylic acids is 4. The van der Waals surface area contributed by atoms with E-state index in [-0.39, 0.29) is 19.3 Å². The van der Waals surface area contributed by atoms with E-state index in [0.717, 1.165) is 17.0 Å². The SMILES string of the molecule is CC1C(=O)N[C@@](Cc2c[nH]c3ccccc23)([C@H]2CC(=O)[C@@H](C)OC(=O)/C=C/[C@@H](O)CC[C@@H](C)OC2=O)[NH+]1[O-]. The molecule has 0 aliphatic carbocycles. The number of Topliss-reactive ketones (excluding diaryl/α,β-unsaturated/α-hetero) is 1. The number of carbonyl (C=O) groups is 4. The average molecular weight is 528 g/mol. The van der Waals surface area contributed by atoms with Crippen molar-refractivity contribution in [2.24, 2.45) is 5.92 Å². The molecule has 2 unspecified atom stereocenters. The molecule has 4 rings (SSSR count). The fraction of sp³-hybridized carbons (Fsp3) is 0.481. The Balaban J connectivity index is 1.77. The molecule has 4 N–H and O–H groups in total. The number of esters is 2. The van der Waals surface area contributed by atoms with Gasteiger partial charge < -0.3 is 29.8 Å². The zero-order valence-electron chi connectivity index (χ0n) is 21.6. The lowest BCUT2D eigenvalue weighted by atomic mass is 9.82. The van der Waals surface area contributed by atoms with E-state index in [1.807, 2.05) is 24.3 Å². The fourth-order valence-electron chi connectivity index (χ4n) is 5.12. The quantitative estimate of drug-likeness (QED) is 0.331. The van der Waals surface area contributed by atoms with Crippen LogP contribution >= 0.6 is 0 Å². The van der Waals surface area contributed by atoms with Crippen LogP contribution in [0.5, 0.6) is 0 Å². The molecule has 1 fully saturated rings. The minimum atomic E-state index is -1.76. The van der Waals surface area contributed by atoms with Gasteiger partial charge in [0, 0.05) is 29.6 Å². The molecule has 2 aliphatic heterocycles. The number of aromatic amines is 1. The number of H-pyrrole nitrogens is 1. The second-order valence-electron chi connectivity index (χ2n) is 10.1. The molecule has 1 saturated heterocycles. The van der Waals surface area contributed by atoms with Crippen molar-refractivity contribution in [3.63, 3.8) is 0 Å². The summed E-state index contributed by atoms with van der Waals surface area (Å²) >= 11 is 0. The number of aliphatic hydroxyl groups excluding tert-OH is 1. The van der Waals surface area contributed by atoms with Gasteiger partial charge in [-0.2, -0.15) is 0 Å². The van der Waals surface area contributed by atoms with Gasteiger partial charge in [-0.15, -0.1) is 0 Å². The number of rotatable bonds is 3. The summed E-state index contributed by atoms with van der Waals surface area (Å²) in [6, 6.07) is 6.38. The first-order valence-electron chi connectivity index (χ1n) is 12.7. The lowest BCUT2D eigenvalue weighted by Gasteiger charge is -2.42. The Labute approximate surface area is 219 Å². The third-order valence-corrected chi connectivity index (χ3v) is 7.39. The number of nitrogens with one attached hydrogen (secondary N) is 3. The molecule has 11 heteroatoms. The molecule has 1 amide bonds. The maximum atomic E-state index is 13.7. The summed E-state index contributed by atoms with van der Waals surface area (Å²) < 4.78 is 10.9. The summed E-state index contributed by atoms with van der Waals surface area (Å²) in [5, 5.41) is 26.9. The van der Waals surface area contributed by atoms with Gasteiger partial charge >= 0.3 is 11.9 Å². The van der Waals surface area contributed by atoms with Crippen LogP contribution in [0.15, 0.2) is 42.6 Å². The summed E-state index contributed by atoms with van der Waals surface area (Å²) in [6.07, 6.45) is 1.04. The van der Waals surface area contributed by atoms with Gasteiger partial charge in [0.15, 0.2) is 23.6 Å². The molecule has 11 nitrogen and oxygen atoms in total. The van der Waals surface area contributed by atoms with Crippen LogP contribution in [0.25, 0.3) is 10.9 Å². The molecule has 2 aromatic rings. The smallest absolute Gasteiger partial charge is 0.331 e. The normalized spacial score (nSPS) is 34.3. The molecule has 0 bridgehead atoms. The summed E-state index contributed by atoms with van der Waals surface area (Å²) in [4.78, 5) is 55.0. The maximum absolute atomic E-state index is 13.7. The van der Waals surface area contributed by atoms with E-state index in [4.69, 9.17) is 9.47 Å². The molecule has 0 spiro atoms. The molecule has 0 radical (unpaired) electrons. The molecular weight excluding hydrogens is 494 g/mol. The number of para-hydroxylation sites is 1. The van der Waals surface area contributed by atoms with Gasteiger partial charge in [-0.25, -0.2) is 4.79 Å². The second kappa shape index (κ2) is 11.1. The van der Waals surface area contributed by atoms with E-state index in [1.165, 1.54) is 19.9 Å². The average Bonchev–Trinajstić information content (AvgIpc) is 3.38. The predicted molar refractivity (Wildman–Crippen MR) is 135 cm³/mol. The Hall–Kier alpha value is -3.54. The molecule has 204 valence electrons. The summed E-state index contributed by atoms with van der Waals surface area (Å²) in [7, 11) is 0. The molecule has 2 aliphatic rings. The van der Waals surface area contributed by atoms with E-state index in [1.54, 1.807) is 13.1 Å². The van der Waals surface area contributed by atoms with Crippen LogP contribution in [-0.2, 0) is 35.1 Å². The lowest BCUT2D eigenvalue weighted by molar-refractivity contribution is -0.914. The zero-order chi connectivity index (χ0) is 27.6. The van der Waals surface area contributed by atoms with Crippen LogP contribution in [0.3, 0.4) is 0 Å². The largest absolute Gasteiger partial charge is 0.632 e. The summed E-state index contributed by atoms with van der Waals surface area (Å²) in [6.45, 7) is 4.47. The third-order valence-electron chi connectivity index (χ3n) is 7.39. The van der Waals surface area contributed by atoms with Gasteiger partial charge in [0.2, 0.25) is 0 Å². The number of hydroxylamine groups is 2. The van der Waals surface area contributed by atoms with Gasteiger partial charge in [-0.05, 0) is 51.3 Å². The fourth-order valence-corrected chi connectivity index (χ4v) is 5.12. The molecule has 7 atom stereocenters. The topological polar surface area (TPSA) is 162 Å². The van der Waals surface area contributed by atoms with Crippen molar-refractivity contribution in [3.8, 4) is 0 Å². The highest BCUT2D eigenvalue weighted by atomic mass is 16.6.